The molecule has 0 saturated carbocycles. The number of ether oxygens (including phenoxy) is 2. The minimum atomic E-state index is 0.709. The summed E-state index contributed by atoms with van der Waals surface area (Å²) in [5, 5.41) is 1.01. The molecule has 0 aromatic carbocycles. The van der Waals surface area contributed by atoms with Gasteiger partial charge in [-0.25, -0.2) is 0 Å². The van der Waals surface area contributed by atoms with Gasteiger partial charge in [0.25, 0.3) is 0 Å². The number of piperidine rings is 1. The normalized spacial score (nSPS) is 21.1. The molecule has 1 aliphatic rings. The second-order valence-electron chi connectivity index (χ2n) is 4.83. The Labute approximate surface area is 114 Å². The van der Waals surface area contributed by atoms with E-state index in [0.717, 1.165) is 24.8 Å². The summed E-state index contributed by atoms with van der Waals surface area (Å²) in [4.78, 5) is 3.93. The van der Waals surface area contributed by atoms with Gasteiger partial charge in [0.2, 0.25) is 0 Å². The minimum absolute atomic E-state index is 0.709. The number of rotatable bonds is 6. The second kappa shape index (κ2) is 7.12. The van der Waals surface area contributed by atoms with Crippen molar-refractivity contribution in [1.29, 1.82) is 0 Å². The van der Waals surface area contributed by atoms with Gasteiger partial charge in [0.1, 0.15) is 0 Å². The molecule has 1 aliphatic heterocycles. The van der Waals surface area contributed by atoms with Crippen molar-refractivity contribution in [3.05, 3.63) is 17.0 Å². The molecule has 3 nitrogen and oxygen atoms in total. The Morgan fingerprint density at radius 3 is 3.06 bits per heavy atom. The van der Waals surface area contributed by atoms with Crippen molar-refractivity contribution < 1.29 is 9.47 Å². The highest BCUT2D eigenvalue weighted by Gasteiger charge is 2.20. The summed E-state index contributed by atoms with van der Waals surface area (Å²) in [6.45, 7) is 7.25. The van der Waals surface area contributed by atoms with Crippen LogP contribution >= 0.6 is 11.3 Å². The van der Waals surface area contributed by atoms with E-state index in [4.69, 9.17) is 9.47 Å². The van der Waals surface area contributed by atoms with E-state index in [1.807, 2.05) is 0 Å². The van der Waals surface area contributed by atoms with Crippen LogP contribution in [0.5, 0.6) is 5.06 Å². The highest BCUT2D eigenvalue weighted by atomic mass is 32.1. The predicted octanol–water partition coefficient (Wildman–Crippen LogP) is 3.01. The van der Waals surface area contributed by atoms with Gasteiger partial charge in [-0.3, -0.25) is 4.90 Å². The fourth-order valence-electron chi connectivity index (χ4n) is 2.49. The van der Waals surface area contributed by atoms with Gasteiger partial charge < -0.3 is 9.47 Å². The smallest absolute Gasteiger partial charge is 0.173 e. The summed E-state index contributed by atoms with van der Waals surface area (Å²) < 4.78 is 10.8. The molecule has 4 heteroatoms. The van der Waals surface area contributed by atoms with Crippen molar-refractivity contribution >= 4 is 11.3 Å². The summed E-state index contributed by atoms with van der Waals surface area (Å²) in [7, 11) is 1.73. The van der Waals surface area contributed by atoms with Crippen molar-refractivity contribution in [3.63, 3.8) is 0 Å². The van der Waals surface area contributed by atoms with Crippen LogP contribution in [0.2, 0.25) is 0 Å². The maximum absolute atomic E-state index is 5.55. The second-order valence-corrected chi connectivity index (χ2v) is 5.96. The SMILES string of the molecule is CCOC[C@H]1CCCN(Cc2ccc(OC)s2)C1. The Morgan fingerprint density at radius 2 is 2.33 bits per heavy atom. The minimum Gasteiger partial charge on any atom is -0.487 e. The van der Waals surface area contributed by atoms with Crippen molar-refractivity contribution in [2.24, 2.45) is 5.92 Å². The molecule has 0 bridgehead atoms. The highest BCUT2D eigenvalue weighted by molar-refractivity contribution is 7.13. The lowest BCUT2D eigenvalue weighted by molar-refractivity contribution is 0.0650. The summed E-state index contributed by atoms with van der Waals surface area (Å²) in [5.74, 6) is 0.709. The number of thiophene rings is 1. The molecular formula is C14H23NO2S. The summed E-state index contributed by atoms with van der Waals surface area (Å²) in [5.41, 5.74) is 0. The average molecular weight is 269 g/mol. The molecule has 1 atom stereocenters. The van der Waals surface area contributed by atoms with Crippen molar-refractivity contribution in [3.8, 4) is 5.06 Å². The zero-order chi connectivity index (χ0) is 12.8. The van der Waals surface area contributed by atoms with Crippen molar-refractivity contribution in [2.75, 3.05) is 33.4 Å². The van der Waals surface area contributed by atoms with Crippen molar-refractivity contribution in [1.82, 2.24) is 4.90 Å². The maximum Gasteiger partial charge on any atom is 0.173 e. The lowest BCUT2D eigenvalue weighted by atomic mass is 9.99. The number of hydrogen-bond donors (Lipinski definition) is 0. The van der Waals surface area contributed by atoms with Gasteiger partial charge >= 0.3 is 0 Å². The molecule has 0 spiro atoms. The third-order valence-electron chi connectivity index (χ3n) is 3.38. The summed E-state index contributed by atoms with van der Waals surface area (Å²) in [6.07, 6.45) is 2.60. The van der Waals surface area contributed by atoms with Gasteiger partial charge in [-0.1, -0.05) is 0 Å². The van der Waals surface area contributed by atoms with E-state index in [0.29, 0.717) is 5.92 Å². The van der Waals surface area contributed by atoms with Crippen LogP contribution in [0.25, 0.3) is 0 Å². The molecule has 1 saturated heterocycles. The van der Waals surface area contributed by atoms with Gasteiger partial charge in [0.05, 0.1) is 13.7 Å². The molecule has 2 rings (SSSR count). The third-order valence-corrected chi connectivity index (χ3v) is 4.41. The van der Waals surface area contributed by atoms with Gasteiger partial charge in [-0.2, -0.15) is 0 Å². The van der Waals surface area contributed by atoms with Gasteiger partial charge in [0.15, 0.2) is 5.06 Å². The molecule has 2 heterocycles. The standard InChI is InChI=1S/C14H23NO2S/c1-3-17-11-12-5-4-8-15(9-12)10-13-6-7-14(16-2)18-13/h6-7,12H,3-5,8-11H2,1-2H3/t12-/m0/s1. The first-order valence-corrected chi connectivity index (χ1v) is 7.56. The first-order chi connectivity index (χ1) is 8.81. The first kappa shape index (κ1) is 13.8. The zero-order valence-corrected chi connectivity index (χ0v) is 12.2. The quantitative estimate of drug-likeness (QED) is 0.792. The van der Waals surface area contributed by atoms with Gasteiger partial charge in [-0.15, -0.1) is 11.3 Å². The Kier molecular flexibility index (Phi) is 5.47. The molecule has 0 radical (unpaired) electrons. The third kappa shape index (κ3) is 3.97. The molecule has 0 N–H and O–H groups in total. The maximum atomic E-state index is 5.55. The van der Waals surface area contributed by atoms with Crippen LogP contribution in [0.3, 0.4) is 0 Å². The van der Waals surface area contributed by atoms with Crippen LogP contribution in [0.1, 0.15) is 24.6 Å². The predicted molar refractivity (Wildman–Crippen MR) is 75.4 cm³/mol. The number of methoxy groups -OCH3 is 1. The number of hydrogen-bond acceptors (Lipinski definition) is 4. The van der Waals surface area contributed by atoms with E-state index >= 15 is 0 Å². The topological polar surface area (TPSA) is 21.7 Å². The molecule has 18 heavy (non-hydrogen) atoms. The van der Waals surface area contributed by atoms with Crippen LogP contribution in [0.15, 0.2) is 12.1 Å². The van der Waals surface area contributed by atoms with E-state index in [1.54, 1.807) is 18.4 Å². The van der Waals surface area contributed by atoms with E-state index in [9.17, 15) is 0 Å². The lowest BCUT2D eigenvalue weighted by Gasteiger charge is -2.32. The van der Waals surface area contributed by atoms with Crippen LogP contribution < -0.4 is 4.74 Å². The Balaban J connectivity index is 1.81. The molecule has 0 unspecified atom stereocenters. The fraction of sp³-hybridized carbons (Fsp3) is 0.714. The molecular weight excluding hydrogens is 246 g/mol. The highest BCUT2D eigenvalue weighted by Crippen LogP contribution is 2.26. The Hall–Kier alpha value is -0.580. The number of likely N-dealkylation sites (tertiary alicyclic amines) is 1. The Morgan fingerprint density at radius 1 is 1.44 bits per heavy atom. The summed E-state index contributed by atoms with van der Waals surface area (Å²) >= 11 is 1.75. The first-order valence-electron chi connectivity index (χ1n) is 6.74. The van der Waals surface area contributed by atoms with Crippen LogP contribution in [0.4, 0.5) is 0 Å². The molecule has 1 fully saturated rings. The largest absolute Gasteiger partial charge is 0.487 e. The zero-order valence-electron chi connectivity index (χ0n) is 11.4. The number of nitrogens with zero attached hydrogens (tertiary/aromatic N) is 1. The van der Waals surface area contributed by atoms with E-state index < -0.39 is 0 Å². The molecule has 1 aromatic rings. The lowest BCUT2D eigenvalue weighted by Crippen LogP contribution is -2.36. The fourth-order valence-corrected chi connectivity index (χ4v) is 3.35. The average Bonchev–Trinajstić information content (AvgIpc) is 2.84. The van der Waals surface area contributed by atoms with Crippen molar-refractivity contribution in [2.45, 2.75) is 26.3 Å². The molecule has 1 aromatic heterocycles. The van der Waals surface area contributed by atoms with Crippen LogP contribution in [0, 0.1) is 5.92 Å². The van der Waals surface area contributed by atoms with E-state index in [-0.39, 0.29) is 0 Å². The molecule has 102 valence electrons. The van der Waals surface area contributed by atoms with E-state index in [2.05, 4.69) is 24.0 Å². The monoisotopic (exact) mass is 269 g/mol. The summed E-state index contributed by atoms with van der Waals surface area (Å²) in [6, 6.07) is 4.23. The molecule has 0 amide bonds. The Bertz CT molecular complexity index is 353. The van der Waals surface area contributed by atoms with Gasteiger partial charge in [0, 0.05) is 24.6 Å². The van der Waals surface area contributed by atoms with E-state index in [1.165, 1.54) is 30.8 Å². The van der Waals surface area contributed by atoms with Gasteiger partial charge in [-0.05, 0) is 44.4 Å². The van der Waals surface area contributed by atoms with Crippen LogP contribution in [-0.2, 0) is 11.3 Å². The molecule has 0 aliphatic carbocycles. The van der Waals surface area contributed by atoms with Crippen LogP contribution in [-0.4, -0.2) is 38.3 Å².